The van der Waals surface area contributed by atoms with E-state index in [-0.39, 0.29) is 5.92 Å². The van der Waals surface area contributed by atoms with Crippen LogP contribution in [0.3, 0.4) is 0 Å². The molecule has 1 fully saturated rings. The molecule has 1 nitrogen and oxygen atoms in total. The van der Waals surface area contributed by atoms with Gasteiger partial charge in [-0.3, -0.25) is 0 Å². The Bertz CT molecular complexity index is 844. The van der Waals surface area contributed by atoms with E-state index in [2.05, 4.69) is 29.6 Å². The van der Waals surface area contributed by atoms with Gasteiger partial charge in [-0.2, -0.15) is 0 Å². The number of halogens is 2. The van der Waals surface area contributed by atoms with E-state index in [1.165, 1.54) is 27.5 Å². The highest BCUT2D eigenvalue weighted by Crippen LogP contribution is 2.41. The fourth-order valence-corrected chi connectivity index (χ4v) is 3.96. The van der Waals surface area contributed by atoms with Crippen LogP contribution in [-0.2, 0) is 6.54 Å². The summed E-state index contributed by atoms with van der Waals surface area (Å²) in [4.78, 5) is 2.55. The van der Waals surface area contributed by atoms with Gasteiger partial charge in [0, 0.05) is 28.3 Å². The molecule has 1 aromatic heterocycles. The van der Waals surface area contributed by atoms with Gasteiger partial charge in [-0.05, 0) is 41.8 Å². The van der Waals surface area contributed by atoms with Crippen molar-refractivity contribution in [3.8, 4) is 10.4 Å². The Balaban J connectivity index is 1.35. The molecule has 1 N–H and O–H groups in total. The second kappa shape index (κ2) is 6.46. The first-order valence-corrected chi connectivity index (χ1v) is 8.85. The van der Waals surface area contributed by atoms with Crippen LogP contribution in [0.1, 0.15) is 22.8 Å². The fourth-order valence-electron chi connectivity index (χ4n) is 2.99. The third kappa shape index (κ3) is 3.25. The fraction of sp³-hybridized carbons (Fsp3) is 0.200. The molecular formula is C20H17F2NS. The monoisotopic (exact) mass is 341 g/mol. The van der Waals surface area contributed by atoms with E-state index in [1.54, 1.807) is 17.4 Å². The Morgan fingerprint density at radius 2 is 1.79 bits per heavy atom. The molecule has 0 radical (unpaired) electrons. The lowest BCUT2D eigenvalue weighted by Gasteiger charge is -2.03. The van der Waals surface area contributed by atoms with Crippen LogP contribution in [0.5, 0.6) is 0 Å². The minimum atomic E-state index is -0.782. The highest BCUT2D eigenvalue weighted by atomic mass is 32.1. The van der Waals surface area contributed by atoms with Crippen molar-refractivity contribution in [1.82, 2.24) is 5.32 Å². The number of thiophene rings is 1. The smallest absolute Gasteiger partial charge is 0.159 e. The van der Waals surface area contributed by atoms with Crippen molar-refractivity contribution in [2.75, 3.05) is 0 Å². The summed E-state index contributed by atoms with van der Waals surface area (Å²) in [7, 11) is 0. The van der Waals surface area contributed by atoms with Gasteiger partial charge in [-0.1, -0.05) is 36.4 Å². The van der Waals surface area contributed by atoms with Crippen LogP contribution in [0.2, 0.25) is 0 Å². The lowest BCUT2D eigenvalue weighted by atomic mass is 10.1. The van der Waals surface area contributed by atoms with Crippen LogP contribution >= 0.6 is 11.3 Å². The van der Waals surface area contributed by atoms with E-state index in [9.17, 15) is 8.78 Å². The maximum atomic E-state index is 13.3. The van der Waals surface area contributed by atoms with Gasteiger partial charge in [0.15, 0.2) is 11.6 Å². The predicted molar refractivity (Wildman–Crippen MR) is 94.1 cm³/mol. The molecule has 0 spiro atoms. The van der Waals surface area contributed by atoms with Gasteiger partial charge in [0.2, 0.25) is 0 Å². The van der Waals surface area contributed by atoms with Crippen LogP contribution in [-0.4, -0.2) is 6.04 Å². The summed E-state index contributed by atoms with van der Waals surface area (Å²) in [6.45, 7) is 0.808. The standard InChI is InChI=1S/C20H17F2NS/c21-17-8-6-14(10-18(17)22)16-11-19(16)23-12-15-7-9-20(24-15)13-4-2-1-3-5-13/h1-10,16,19,23H,11-12H2/t16-,19+/m0/s1. The zero-order valence-electron chi connectivity index (χ0n) is 13.0. The molecule has 122 valence electrons. The minimum Gasteiger partial charge on any atom is -0.308 e. The molecule has 1 aliphatic carbocycles. The number of hydrogen-bond donors (Lipinski definition) is 1. The van der Waals surface area contributed by atoms with Crippen molar-refractivity contribution in [2.45, 2.75) is 24.9 Å². The van der Waals surface area contributed by atoms with Gasteiger partial charge in [-0.15, -0.1) is 11.3 Å². The molecular weight excluding hydrogens is 324 g/mol. The highest BCUT2D eigenvalue weighted by molar-refractivity contribution is 7.15. The molecule has 0 aliphatic heterocycles. The topological polar surface area (TPSA) is 12.0 Å². The molecule has 4 rings (SSSR count). The van der Waals surface area contributed by atoms with Gasteiger partial charge in [0.1, 0.15) is 0 Å². The summed E-state index contributed by atoms with van der Waals surface area (Å²) in [5, 5.41) is 3.51. The van der Waals surface area contributed by atoms with E-state index in [4.69, 9.17) is 0 Å². The molecule has 0 saturated heterocycles. The average molecular weight is 341 g/mol. The molecule has 2 atom stereocenters. The SMILES string of the molecule is Fc1ccc([C@@H]2C[C@H]2NCc2ccc(-c3ccccc3)s2)cc1F. The van der Waals surface area contributed by atoms with Crippen LogP contribution in [0, 0.1) is 11.6 Å². The molecule has 1 aliphatic rings. The average Bonchev–Trinajstić information content (AvgIpc) is 3.23. The van der Waals surface area contributed by atoms with Gasteiger partial charge in [0.05, 0.1) is 0 Å². The van der Waals surface area contributed by atoms with Gasteiger partial charge in [-0.25, -0.2) is 8.78 Å². The van der Waals surface area contributed by atoms with E-state index in [0.717, 1.165) is 18.5 Å². The summed E-state index contributed by atoms with van der Waals surface area (Å²) >= 11 is 1.79. The molecule has 1 heterocycles. The maximum Gasteiger partial charge on any atom is 0.159 e. The molecule has 4 heteroatoms. The Labute approximate surface area is 144 Å². The second-order valence-corrected chi connectivity index (χ2v) is 7.30. The molecule has 0 unspecified atom stereocenters. The Hall–Kier alpha value is -2.04. The molecule has 24 heavy (non-hydrogen) atoms. The normalized spacial score (nSPS) is 19.4. The summed E-state index contributed by atoms with van der Waals surface area (Å²) in [5.74, 6) is -1.26. The van der Waals surface area contributed by atoms with Crippen LogP contribution in [0.25, 0.3) is 10.4 Å². The summed E-state index contributed by atoms with van der Waals surface area (Å²) in [5.41, 5.74) is 2.11. The Morgan fingerprint density at radius 3 is 2.58 bits per heavy atom. The zero-order valence-corrected chi connectivity index (χ0v) is 13.8. The van der Waals surface area contributed by atoms with Crippen molar-refractivity contribution >= 4 is 11.3 Å². The third-order valence-corrected chi connectivity index (χ3v) is 5.55. The number of hydrogen-bond acceptors (Lipinski definition) is 2. The highest BCUT2D eigenvalue weighted by Gasteiger charge is 2.38. The van der Waals surface area contributed by atoms with E-state index >= 15 is 0 Å². The molecule has 0 bridgehead atoms. The van der Waals surface area contributed by atoms with Crippen molar-refractivity contribution < 1.29 is 8.78 Å². The van der Waals surface area contributed by atoms with Crippen molar-refractivity contribution in [1.29, 1.82) is 0 Å². The quantitative estimate of drug-likeness (QED) is 0.660. The van der Waals surface area contributed by atoms with Gasteiger partial charge >= 0.3 is 0 Å². The third-order valence-electron chi connectivity index (χ3n) is 4.42. The number of rotatable bonds is 5. The van der Waals surface area contributed by atoms with Crippen molar-refractivity contribution in [3.63, 3.8) is 0 Å². The van der Waals surface area contributed by atoms with E-state index < -0.39 is 11.6 Å². The predicted octanol–water partition coefficient (Wildman–Crippen LogP) is 5.34. The van der Waals surface area contributed by atoms with E-state index in [0.29, 0.717) is 6.04 Å². The van der Waals surface area contributed by atoms with Crippen molar-refractivity contribution in [3.05, 3.63) is 82.7 Å². The Morgan fingerprint density at radius 1 is 0.958 bits per heavy atom. The number of benzene rings is 2. The second-order valence-electron chi connectivity index (χ2n) is 6.14. The summed E-state index contributed by atoms with van der Waals surface area (Å²) in [6.07, 6.45) is 0.974. The zero-order chi connectivity index (χ0) is 16.5. The van der Waals surface area contributed by atoms with Gasteiger partial charge < -0.3 is 5.32 Å². The van der Waals surface area contributed by atoms with Gasteiger partial charge in [0.25, 0.3) is 0 Å². The number of nitrogens with one attached hydrogen (secondary N) is 1. The van der Waals surface area contributed by atoms with Crippen LogP contribution < -0.4 is 5.32 Å². The minimum absolute atomic E-state index is 0.286. The largest absolute Gasteiger partial charge is 0.308 e. The maximum absolute atomic E-state index is 13.3. The first-order chi connectivity index (χ1) is 11.7. The molecule has 3 aromatic rings. The molecule has 2 aromatic carbocycles. The van der Waals surface area contributed by atoms with Crippen LogP contribution in [0.15, 0.2) is 60.7 Å². The lowest BCUT2D eigenvalue weighted by Crippen LogP contribution is -2.16. The summed E-state index contributed by atoms with van der Waals surface area (Å²) in [6, 6.07) is 19.2. The first kappa shape index (κ1) is 15.5. The Kier molecular flexibility index (Phi) is 4.17. The molecule has 0 amide bonds. The van der Waals surface area contributed by atoms with E-state index in [1.807, 2.05) is 18.2 Å². The molecule has 1 saturated carbocycles. The lowest BCUT2D eigenvalue weighted by molar-refractivity contribution is 0.507. The first-order valence-electron chi connectivity index (χ1n) is 8.03. The van der Waals surface area contributed by atoms with Crippen LogP contribution in [0.4, 0.5) is 8.78 Å². The van der Waals surface area contributed by atoms with Crippen molar-refractivity contribution in [2.24, 2.45) is 0 Å². The summed E-state index contributed by atoms with van der Waals surface area (Å²) < 4.78 is 26.3.